The lowest BCUT2D eigenvalue weighted by molar-refractivity contribution is -0.144. The van der Waals surface area contributed by atoms with E-state index in [9.17, 15) is 27.9 Å². The van der Waals surface area contributed by atoms with Crippen LogP contribution >= 0.6 is 0 Å². The fraction of sp³-hybridized carbons (Fsp3) is 0.300. The van der Waals surface area contributed by atoms with E-state index in [1.807, 2.05) is 0 Å². The molecule has 1 atom stereocenters. The highest BCUT2D eigenvalue weighted by atomic mass is 19.4. The van der Waals surface area contributed by atoms with Crippen LogP contribution in [0, 0.1) is 0 Å². The fourth-order valence-electron chi connectivity index (χ4n) is 3.16. The van der Waals surface area contributed by atoms with Crippen LogP contribution in [0.25, 0.3) is 0 Å². The molecule has 1 aliphatic heterocycles. The second-order valence-corrected chi connectivity index (χ2v) is 6.78. The third-order valence-corrected chi connectivity index (χ3v) is 4.30. The molecule has 0 radical (unpaired) electrons. The summed E-state index contributed by atoms with van der Waals surface area (Å²) in [5, 5.41) is 9.37. The highest BCUT2D eigenvalue weighted by Crippen LogP contribution is 2.45. The number of rotatable bonds is 4. The second kappa shape index (κ2) is 7.86. The van der Waals surface area contributed by atoms with Crippen molar-refractivity contribution in [1.82, 2.24) is 0 Å². The quantitative estimate of drug-likeness (QED) is 0.725. The van der Waals surface area contributed by atoms with Crippen LogP contribution < -0.4 is 15.9 Å². The summed E-state index contributed by atoms with van der Waals surface area (Å²) in [6.45, 7) is 2.41. The molecule has 1 aliphatic rings. The first-order valence-electron chi connectivity index (χ1n) is 8.87. The molecule has 1 aromatic heterocycles. The minimum atomic E-state index is -4.77. The summed E-state index contributed by atoms with van der Waals surface area (Å²) in [6, 6.07) is 5.43. The molecule has 0 fully saturated rings. The van der Waals surface area contributed by atoms with E-state index in [0.717, 1.165) is 18.2 Å². The van der Waals surface area contributed by atoms with Gasteiger partial charge in [-0.15, -0.1) is 0 Å². The Hall–Kier alpha value is -3.27. The predicted molar refractivity (Wildman–Crippen MR) is 97.3 cm³/mol. The number of hydrogen-bond acceptors (Lipinski definition) is 7. The van der Waals surface area contributed by atoms with Crippen LogP contribution in [-0.4, -0.2) is 17.2 Å². The number of halogens is 3. The van der Waals surface area contributed by atoms with Gasteiger partial charge in [-0.25, -0.2) is 4.79 Å². The van der Waals surface area contributed by atoms with Gasteiger partial charge in [0.15, 0.2) is 5.76 Å². The zero-order valence-corrected chi connectivity index (χ0v) is 15.9. The molecule has 0 amide bonds. The Balaban J connectivity index is 2.35. The maximum absolute atomic E-state index is 13.7. The lowest BCUT2D eigenvalue weighted by atomic mass is 9.84. The lowest BCUT2D eigenvalue weighted by Crippen LogP contribution is -2.31. The molecule has 0 spiro atoms. The van der Waals surface area contributed by atoms with Crippen molar-refractivity contribution < 1.29 is 37.0 Å². The SMILES string of the molecule is CC(C)OC(=O)C1=C(N)Oc2c(oc(CO)cc2=O)C1c1ccccc1C(F)(F)F. The number of esters is 1. The van der Waals surface area contributed by atoms with Crippen molar-refractivity contribution in [2.45, 2.75) is 38.7 Å². The van der Waals surface area contributed by atoms with Crippen LogP contribution in [0.2, 0.25) is 0 Å². The fourth-order valence-corrected chi connectivity index (χ4v) is 3.16. The number of aliphatic hydroxyl groups is 1. The van der Waals surface area contributed by atoms with Gasteiger partial charge in [-0.1, -0.05) is 18.2 Å². The van der Waals surface area contributed by atoms with Crippen LogP contribution in [0.3, 0.4) is 0 Å². The normalized spacial score (nSPS) is 16.3. The van der Waals surface area contributed by atoms with E-state index < -0.39 is 59.0 Å². The summed E-state index contributed by atoms with van der Waals surface area (Å²) >= 11 is 0. The Kier molecular flexibility index (Phi) is 5.62. The number of carbonyl (C=O) groups is 1. The molecular formula is C20H18F3NO6. The predicted octanol–water partition coefficient (Wildman–Crippen LogP) is 2.80. The number of hydrogen-bond donors (Lipinski definition) is 2. The van der Waals surface area contributed by atoms with Crippen molar-refractivity contribution in [3.63, 3.8) is 0 Å². The van der Waals surface area contributed by atoms with Gasteiger partial charge in [-0.3, -0.25) is 4.79 Å². The monoisotopic (exact) mass is 425 g/mol. The highest BCUT2D eigenvalue weighted by molar-refractivity contribution is 5.92. The molecule has 2 aromatic rings. The van der Waals surface area contributed by atoms with Crippen LogP contribution in [0.1, 0.15) is 42.4 Å². The Morgan fingerprint density at radius 1 is 1.30 bits per heavy atom. The van der Waals surface area contributed by atoms with Gasteiger partial charge >= 0.3 is 12.1 Å². The maximum Gasteiger partial charge on any atom is 0.416 e. The summed E-state index contributed by atoms with van der Waals surface area (Å²) in [5.74, 6) is -4.20. The molecule has 0 saturated heterocycles. The number of nitrogens with two attached hydrogens (primary N) is 1. The average Bonchev–Trinajstić information content (AvgIpc) is 2.66. The molecule has 3 N–H and O–H groups in total. The first-order chi connectivity index (χ1) is 14.0. The summed E-state index contributed by atoms with van der Waals surface area (Å²) in [4.78, 5) is 25.1. The van der Waals surface area contributed by atoms with E-state index >= 15 is 0 Å². The van der Waals surface area contributed by atoms with Crippen LogP contribution in [0.4, 0.5) is 13.2 Å². The number of benzene rings is 1. The Morgan fingerprint density at radius 2 is 1.97 bits per heavy atom. The van der Waals surface area contributed by atoms with Crippen LogP contribution in [-0.2, 0) is 22.3 Å². The van der Waals surface area contributed by atoms with Gasteiger partial charge in [0.2, 0.25) is 17.1 Å². The van der Waals surface area contributed by atoms with E-state index in [1.165, 1.54) is 12.1 Å². The zero-order chi connectivity index (χ0) is 22.2. The molecule has 10 heteroatoms. The molecule has 0 saturated carbocycles. The van der Waals surface area contributed by atoms with Crippen molar-refractivity contribution in [2.75, 3.05) is 0 Å². The largest absolute Gasteiger partial charge is 0.459 e. The van der Waals surface area contributed by atoms with Crippen molar-refractivity contribution in [3.05, 3.63) is 74.7 Å². The Morgan fingerprint density at radius 3 is 2.57 bits per heavy atom. The Bertz CT molecular complexity index is 1070. The molecule has 0 aliphatic carbocycles. The maximum atomic E-state index is 13.7. The van der Waals surface area contributed by atoms with E-state index in [0.29, 0.717) is 0 Å². The van der Waals surface area contributed by atoms with Crippen molar-refractivity contribution in [3.8, 4) is 5.75 Å². The van der Waals surface area contributed by atoms with Crippen molar-refractivity contribution in [2.24, 2.45) is 5.73 Å². The highest BCUT2D eigenvalue weighted by Gasteiger charge is 2.44. The smallest absolute Gasteiger partial charge is 0.416 e. The van der Waals surface area contributed by atoms with E-state index in [1.54, 1.807) is 13.8 Å². The average molecular weight is 425 g/mol. The zero-order valence-electron chi connectivity index (χ0n) is 15.9. The number of aliphatic hydroxyl groups excluding tert-OH is 1. The molecule has 1 unspecified atom stereocenters. The summed E-state index contributed by atoms with van der Waals surface area (Å²) in [7, 11) is 0. The number of fused-ring (bicyclic) bond motifs is 1. The number of alkyl halides is 3. The second-order valence-electron chi connectivity index (χ2n) is 6.78. The number of carbonyl (C=O) groups excluding carboxylic acids is 1. The van der Waals surface area contributed by atoms with Gasteiger partial charge in [0, 0.05) is 6.07 Å². The third-order valence-electron chi connectivity index (χ3n) is 4.30. The van der Waals surface area contributed by atoms with Gasteiger partial charge in [0.25, 0.3) is 0 Å². The van der Waals surface area contributed by atoms with E-state index in [2.05, 4.69) is 0 Å². The van der Waals surface area contributed by atoms with Gasteiger partial charge in [0.05, 0.1) is 17.6 Å². The topological polar surface area (TPSA) is 112 Å². The van der Waals surface area contributed by atoms with Gasteiger partial charge in [-0.2, -0.15) is 13.2 Å². The molecule has 2 heterocycles. The molecule has 0 bridgehead atoms. The van der Waals surface area contributed by atoms with Gasteiger partial charge in [0.1, 0.15) is 17.9 Å². The molecular weight excluding hydrogens is 407 g/mol. The molecule has 30 heavy (non-hydrogen) atoms. The van der Waals surface area contributed by atoms with Crippen molar-refractivity contribution >= 4 is 5.97 Å². The summed E-state index contributed by atoms with van der Waals surface area (Å²) < 4.78 is 57.0. The van der Waals surface area contributed by atoms with Gasteiger partial charge in [-0.05, 0) is 25.5 Å². The van der Waals surface area contributed by atoms with Crippen LogP contribution in [0.5, 0.6) is 5.75 Å². The first-order valence-corrected chi connectivity index (χ1v) is 8.87. The van der Waals surface area contributed by atoms with E-state index in [-0.39, 0.29) is 17.1 Å². The van der Waals surface area contributed by atoms with Crippen molar-refractivity contribution in [1.29, 1.82) is 0 Å². The van der Waals surface area contributed by atoms with Gasteiger partial charge < -0.3 is 24.7 Å². The number of ether oxygens (including phenoxy) is 2. The lowest BCUT2D eigenvalue weighted by Gasteiger charge is -2.29. The molecule has 160 valence electrons. The minimum absolute atomic E-state index is 0.214. The molecule has 7 nitrogen and oxygen atoms in total. The first kappa shape index (κ1) is 21.4. The third kappa shape index (κ3) is 3.90. The standard InChI is InChI=1S/C20H18F3NO6/c1-9(2)28-19(27)15-14(11-5-3-4-6-12(11)20(21,22)23)17-16(30-18(15)24)13(26)7-10(8-25)29-17/h3-7,9,14,25H,8,24H2,1-2H3. The Labute approximate surface area is 168 Å². The molecule has 1 aromatic carbocycles. The van der Waals surface area contributed by atoms with Crippen LogP contribution in [0.15, 0.2) is 51.0 Å². The summed E-state index contributed by atoms with van der Waals surface area (Å²) in [6.07, 6.45) is -5.38. The summed E-state index contributed by atoms with van der Waals surface area (Å²) in [5.41, 5.74) is 3.20. The molecule has 3 rings (SSSR count). The minimum Gasteiger partial charge on any atom is -0.459 e. The van der Waals surface area contributed by atoms with E-state index in [4.69, 9.17) is 19.6 Å².